The number of benzene rings is 1. The molecule has 7 heteroatoms. The Labute approximate surface area is 111 Å². The summed E-state index contributed by atoms with van der Waals surface area (Å²) in [6.07, 6.45) is 0. The van der Waals surface area contributed by atoms with Crippen LogP contribution in [-0.2, 0) is 4.74 Å². The van der Waals surface area contributed by atoms with Crippen LogP contribution in [-0.4, -0.2) is 31.8 Å². The Morgan fingerprint density at radius 3 is 2.74 bits per heavy atom. The Balaban J connectivity index is 2.78. The summed E-state index contributed by atoms with van der Waals surface area (Å²) in [5, 5.41) is 22.8. The molecule has 1 rings (SSSR count). The number of hydrogen-bond donors (Lipinski definition) is 4. The number of nitrogens with zero attached hydrogens (tertiary/aromatic N) is 2. The fourth-order valence-electron chi connectivity index (χ4n) is 1.28. The van der Waals surface area contributed by atoms with Gasteiger partial charge in [-0.2, -0.15) is 10.4 Å². The van der Waals surface area contributed by atoms with Crippen LogP contribution in [0.25, 0.3) is 0 Å². The van der Waals surface area contributed by atoms with E-state index in [1.165, 1.54) is 0 Å². The van der Waals surface area contributed by atoms with Gasteiger partial charge in [0, 0.05) is 13.7 Å². The lowest BCUT2D eigenvalue weighted by molar-refractivity contribution is 0.211. The van der Waals surface area contributed by atoms with Gasteiger partial charge in [-0.15, -0.1) is 0 Å². The number of nitrogens with two attached hydrogens (primary N) is 1. The summed E-state index contributed by atoms with van der Waals surface area (Å²) >= 11 is 0. The highest BCUT2D eigenvalue weighted by Gasteiger charge is 2.03. The number of hydrazone groups is 1. The van der Waals surface area contributed by atoms with Gasteiger partial charge in [0.2, 0.25) is 5.71 Å². The first-order chi connectivity index (χ1) is 9.19. The van der Waals surface area contributed by atoms with Crippen LogP contribution in [0.2, 0.25) is 0 Å². The van der Waals surface area contributed by atoms with Gasteiger partial charge >= 0.3 is 0 Å². The largest absolute Gasteiger partial charge is 0.383 e. The van der Waals surface area contributed by atoms with E-state index in [9.17, 15) is 0 Å². The molecule has 7 nitrogen and oxygen atoms in total. The molecule has 1 aromatic carbocycles. The van der Waals surface area contributed by atoms with E-state index in [0.29, 0.717) is 18.8 Å². The molecule has 1 aromatic rings. The van der Waals surface area contributed by atoms with Crippen LogP contribution in [0, 0.1) is 16.7 Å². The lowest BCUT2D eigenvalue weighted by Crippen LogP contribution is -2.22. The molecule has 5 N–H and O–H groups in total. The van der Waals surface area contributed by atoms with Gasteiger partial charge in [-0.05, 0) is 12.1 Å². The topological polar surface area (TPSA) is 119 Å². The molecule has 0 unspecified atom stereocenters. The van der Waals surface area contributed by atoms with Crippen LogP contribution in [0.15, 0.2) is 29.4 Å². The SMILES string of the molecule is COCCNc1ccccc1N/N=C(\C#N)C(=N)N. The van der Waals surface area contributed by atoms with Crippen molar-refractivity contribution in [3.8, 4) is 6.07 Å². The molecule has 0 radical (unpaired) electrons. The highest BCUT2D eigenvalue weighted by atomic mass is 16.5. The van der Waals surface area contributed by atoms with Crippen molar-refractivity contribution in [3.63, 3.8) is 0 Å². The standard InChI is InChI=1S/C12H16N6O/c1-19-7-6-16-9-4-2-3-5-10(9)17-18-11(8-13)12(14)15/h2-5,16-17H,6-7H2,1H3,(H3,14,15)/b18-11+. The maximum Gasteiger partial charge on any atom is 0.201 e. The van der Waals surface area contributed by atoms with Crippen molar-refractivity contribution in [1.82, 2.24) is 0 Å². The summed E-state index contributed by atoms with van der Waals surface area (Å²) in [6, 6.07) is 9.12. The second-order valence-corrected chi connectivity index (χ2v) is 3.56. The second kappa shape index (κ2) is 7.68. The van der Waals surface area contributed by atoms with E-state index >= 15 is 0 Å². The van der Waals surface area contributed by atoms with Crippen molar-refractivity contribution < 1.29 is 4.74 Å². The molecule has 0 aliphatic heterocycles. The summed E-state index contributed by atoms with van der Waals surface area (Å²) in [5.74, 6) is -0.375. The summed E-state index contributed by atoms with van der Waals surface area (Å²) in [5.41, 5.74) is 9.27. The van der Waals surface area contributed by atoms with Gasteiger partial charge in [0.25, 0.3) is 0 Å². The minimum Gasteiger partial charge on any atom is -0.383 e. The number of rotatable bonds is 7. The van der Waals surface area contributed by atoms with Gasteiger partial charge < -0.3 is 15.8 Å². The van der Waals surface area contributed by atoms with Gasteiger partial charge in [0.05, 0.1) is 18.0 Å². The smallest absolute Gasteiger partial charge is 0.201 e. The van der Waals surface area contributed by atoms with Crippen LogP contribution in [0.3, 0.4) is 0 Å². The molecular formula is C12H16N6O. The third-order valence-electron chi connectivity index (χ3n) is 2.20. The maximum atomic E-state index is 8.74. The van der Waals surface area contributed by atoms with E-state index in [1.54, 1.807) is 19.2 Å². The van der Waals surface area contributed by atoms with Gasteiger partial charge in [0.1, 0.15) is 6.07 Å². The van der Waals surface area contributed by atoms with E-state index in [1.807, 2.05) is 18.2 Å². The van der Waals surface area contributed by atoms with Gasteiger partial charge in [0.15, 0.2) is 5.84 Å². The molecule has 0 aromatic heterocycles. The van der Waals surface area contributed by atoms with Crippen LogP contribution in [0.4, 0.5) is 11.4 Å². The molecule has 0 fully saturated rings. The first kappa shape index (κ1) is 14.5. The van der Waals surface area contributed by atoms with Gasteiger partial charge in [-0.3, -0.25) is 10.8 Å². The van der Waals surface area contributed by atoms with E-state index in [-0.39, 0.29) is 11.5 Å². The highest BCUT2D eigenvalue weighted by Crippen LogP contribution is 2.20. The molecular weight excluding hydrogens is 244 g/mol. The van der Waals surface area contributed by atoms with Crippen molar-refractivity contribution >= 4 is 22.9 Å². The zero-order chi connectivity index (χ0) is 14.1. The monoisotopic (exact) mass is 260 g/mol. The fraction of sp³-hybridized carbons (Fsp3) is 0.250. The number of methoxy groups -OCH3 is 1. The zero-order valence-electron chi connectivity index (χ0n) is 10.6. The number of para-hydroxylation sites is 2. The molecule has 0 atom stereocenters. The Morgan fingerprint density at radius 2 is 2.16 bits per heavy atom. The normalized spacial score (nSPS) is 10.6. The molecule has 0 spiro atoms. The van der Waals surface area contributed by atoms with E-state index < -0.39 is 0 Å². The van der Waals surface area contributed by atoms with Crippen LogP contribution >= 0.6 is 0 Å². The highest BCUT2D eigenvalue weighted by molar-refractivity contribution is 6.45. The molecule has 0 aliphatic rings. The van der Waals surface area contributed by atoms with Crippen molar-refractivity contribution in [2.45, 2.75) is 0 Å². The lowest BCUT2D eigenvalue weighted by Gasteiger charge is -2.11. The molecule has 0 aliphatic carbocycles. The maximum absolute atomic E-state index is 8.74. The fourth-order valence-corrected chi connectivity index (χ4v) is 1.28. The van der Waals surface area contributed by atoms with Crippen LogP contribution < -0.4 is 16.5 Å². The number of ether oxygens (including phenoxy) is 1. The summed E-state index contributed by atoms with van der Waals surface area (Å²) < 4.78 is 4.95. The molecule has 19 heavy (non-hydrogen) atoms. The Kier molecular flexibility index (Phi) is 5.85. The van der Waals surface area contributed by atoms with E-state index in [0.717, 1.165) is 5.69 Å². The lowest BCUT2D eigenvalue weighted by atomic mass is 10.2. The van der Waals surface area contributed by atoms with Crippen molar-refractivity contribution in [1.29, 1.82) is 10.7 Å². The van der Waals surface area contributed by atoms with Crippen molar-refractivity contribution in [2.24, 2.45) is 10.8 Å². The quantitative estimate of drug-likeness (QED) is 0.252. The number of nitrogens with one attached hydrogen (secondary N) is 3. The predicted molar refractivity (Wildman–Crippen MR) is 75.4 cm³/mol. The summed E-state index contributed by atoms with van der Waals surface area (Å²) in [7, 11) is 1.63. The van der Waals surface area contributed by atoms with E-state index in [2.05, 4.69) is 15.8 Å². The average molecular weight is 260 g/mol. The minimum atomic E-state index is -0.375. The van der Waals surface area contributed by atoms with Crippen LogP contribution in [0.1, 0.15) is 0 Å². The van der Waals surface area contributed by atoms with E-state index in [4.69, 9.17) is 21.1 Å². The third-order valence-corrected chi connectivity index (χ3v) is 2.20. The Morgan fingerprint density at radius 1 is 1.47 bits per heavy atom. The molecule has 0 saturated heterocycles. The number of hydrogen-bond acceptors (Lipinski definition) is 6. The number of anilines is 2. The zero-order valence-corrected chi connectivity index (χ0v) is 10.6. The number of nitriles is 1. The Hall–Kier alpha value is -2.59. The third kappa shape index (κ3) is 4.65. The average Bonchev–Trinajstić information content (AvgIpc) is 2.41. The molecule has 0 amide bonds. The van der Waals surface area contributed by atoms with Crippen molar-refractivity contribution in [3.05, 3.63) is 24.3 Å². The predicted octanol–water partition coefficient (Wildman–Crippen LogP) is 0.972. The molecule has 100 valence electrons. The second-order valence-electron chi connectivity index (χ2n) is 3.56. The molecule has 0 saturated carbocycles. The minimum absolute atomic E-state index is 0.160. The first-order valence-electron chi connectivity index (χ1n) is 5.59. The summed E-state index contributed by atoms with van der Waals surface area (Å²) in [4.78, 5) is 0. The van der Waals surface area contributed by atoms with Gasteiger partial charge in [-0.25, -0.2) is 0 Å². The van der Waals surface area contributed by atoms with Crippen LogP contribution in [0.5, 0.6) is 0 Å². The molecule has 0 heterocycles. The first-order valence-corrected chi connectivity index (χ1v) is 5.59. The number of amidine groups is 1. The molecule has 0 bridgehead atoms. The van der Waals surface area contributed by atoms with Gasteiger partial charge in [-0.1, -0.05) is 12.1 Å². The summed E-state index contributed by atoms with van der Waals surface area (Å²) in [6.45, 7) is 1.23. The Bertz CT molecular complexity index is 505. The van der Waals surface area contributed by atoms with Crippen molar-refractivity contribution in [2.75, 3.05) is 31.0 Å².